The molecule has 0 unspecified atom stereocenters. The third kappa shape index (κ3) is 5.34. The van der Waals surface area contributed by atoms with Gasteiger partial charge < -0.3 is 20.0 Å². The van der Waals surface area contributed by atoms with Crippen LogP contribution in [0.1, 0.15) is 6.42 Å². The number of nitrogens with zero attached hydrogens (tertiary/aromatic N) is 9. The summed E-state index contributed by atoms with van der Waals surface area (Å²) in [6.07, 6.45) is 8.20. The quantitative estimate of drug-likeness (QED) is 0.370. The van der Waals surface area contributed by atoms with Crippen LogP contribution in [0, 0.1) is 0 Å². The van der Waals surface area contributed by atoms with Gasteiger partial charge in [-0.2, -0.15) is 5.10 Å². The highest BCUT2D eigenvalue weighted by molar-refractivity contribution is 5.98. The minimum atomic E-state index is 0.0625. The number of rotatable bonds is 6. The molecule has 0 aromatic carbocycles. The van der Waals surface area contributed by atoms with Crippen LogP contribution in [-0.4, -0.2) is 107 Å². The highest BCUT2D eigenvalue weighted by atomic mass is 16.2. The van der Waals surface area contributed by atoms with Gasteiger partial charge in [0.15, 0.2) is 5.96 Å². The van der Waals surface area contributed by atoms with E-state index in [0.717, 1.165) is 69.8 Å². The van der Waals surface area contributed by atoms with Crippen molar-refractivity contribution < 1.29 is 4.79 Å². The molecule has 32 heavy (non-hydrogen) atoms. The number of guanidine groups is 1. The van der Waals surface area contributed by atoms with Crippen LogP contribution in [0.15, 0.2) is 35.8 Å². The second-order valence-electron chi connectivity index (χ2n) is 8.04. The highest BCUT2D eigenvalue weighted by Crippen LogP contribution is 2.16. The van der Waals surface area contributed by atoms with Gasteiger partial charge in [0.2, 0.25) is 11.9 Å². The van der Waals surface area contributed by atoms with Gasteiger partial charge in [-0.25, -0.2) is 9.97 Å². The van der Waals surface area contributed by atoms with Gasteiger partial charge in [-0.05, 0) is 19.0 Å². The molecule has 2 aliphatic rings. The summed E-state index contributed by atoms with van der Waals surface area (Å²) in [6.45, 7) is 7.45. The summed E-state index contributed by atoms with van der Waals surface area (Å²) in [5.41, 5.74) is 0.846. The molecule has 172 valence electrons. The summed E-state index contributed by atoms with van der Waals surface area (Å²) in [7, 11) is 3.62. The Labute approximate surface area is 188 Å². The Kier molecular flexibility index (Phi) is 7.15. The Bertz CT molecular complexity index is 906. The standard InChI is InChI=1S/C21H32N10O/c1-22-20(30-13-14-31(19(32)17-30)18-15-26-27(2)16-18)23-7-4-8-28-9-11-29(12-10-28)21-24-5-3-6-25-21/h3,5-6,15-16H,4,7-14,17H2,1-2H3,(H,22,23). The summed E-state index contributed by atoms with van der Waals surface area (Å²) in [6, 6.07) is 1.84. The molecule has 11 heteroatoms. The first-order valence-corrected chi connectivity index (χ1v) is 11.1. The van der Waals surface area contributed by atoms with Crippen molar-refractivity contribution in [1.82, 2.24) is 34.9 Å². The van der Waals surface area contributed by atoms with Crippen LogP contribution in [0.25, 0.3) is 0 Å². The van der Waals surface area contributed by atoms with Crippen molar-refractivity contribution in [2.24, 2.45) is 12.0 Å². The first kappa shape index (κ1) is 22.0. The number of hydrogen-bond donors (Lipinski definition) is 1. The summed E-state index contributed by atoms with van der Waals surface area (Å²) in [4.78, 5) is 34.2. The first-order chi connectivity index (χ1) is 15.6. The molecule has 2 aromatic rings. The van der Waals surface area contributed by atoms with Crippen molar-refractivity contribution in [2.75, 3.05) is 75.8 Å². The molecular weight excluding hydrogens is 408 g/mol. The van der Waals surface area contributed by atoms with Crippen LogP contribution < -0.4 is 15.1 Å². The number of aliphatic imine (C=N–C) groups is 1. The molecule has 1 amide bonds. The van der Waals surface area contributed by atoms with Crippen molar-refractivity contribution >= 4 is 23.5 Å². The Hall–Kier alpha value is -3.21. The monoisotopic (exact) mass is 440 g/mol. The second-order valence-corrected chi connectivity index (χ2v) is 8.04. The molecule has 0 aliphatic carbocycles. The fourth-order valence-corrected chi connectivity index (χ4v) is 4.14. The maximum Gasteiger partial charge on any atom is 0.246 e. The van der Waals surface area contributed by atoms with Crippen LogP contribution in [0.2, 0.25) is 0 Å². The van der Waals surface area contributed by atoms with E-state index in [1.54, 1.807) is 35.2 Å². The largest absolute Gasteiger partial charge is 0.356 e. The Morgan fingerprint density at radius 3 is 2.56 bits per heavy atom. The summed E-state index contributed by atoms with van der Waals surface area (Å²) in [5, 5.41) is 7.59. The number of hydrogen-bond acceptors (Lipinski definition) is 7. The zero-order chi connectivity index (χ0) is 22.3. The van der Waals surface area contributed by atoms with E-state index < -0.39 is 0 Å². The lowest BCUT2D eigenvalue weighted by Gasteiger charge is -2.36. The number of nitrogens with one attached hydrogen (secondary N) is 1. The fourth-order valence-electron chi connectivity index (χ4n) is 4.14. The zero-order valence-corrected chi connectivity index (χ0v) is 18.9. The van der Waals surface area contributed by atoms with Gasteiger partial charge >= 0.3 is 0 Å². The molecule has 0 bridgehead atoms. The normalized spacial score (nSPS) is 18.4. The number of amides is 1. The van der Waals surface area contributed by atoms with E-state index in [9.17, 15) is 4.79 Å². The molecule has 0 atom stereocenters. The van der Waals surface area contributed by atoms with Gasteiger partial charge in [0.05, 0.1) is 11.9 Å². The highest BCUT2D eigenvalue weighted by Gasteiger charge is 2.27. The smallest absolute Gasteiger partial charge is 0.246 e. The van der Waals surface area contributed by atoms with E-state index in [1.807, 2.05) is 24.2 Å². The Morgan fingerprint density at radius 2 is 1.91 bits per heavy atom. The average Bonchev–Trinajstić information content (AvgIpc) is 3.26. The van der Waals surface area contributed by atoms with Crippen LogP contribution in [0.3, 0.4) is 0 Å². The maximum atomic E-state index is 12.6. The van der Waals surface area contributed by atoms with E-state index in [2.05, 4.69) is 35.2 Å². The third-order valence-electron chi connectivity index (χ3n) is 5.88. The molecule has 4 rings (SSSR count). The minimum Gasteiger partial charge on any atom is -0.356 e. The third-order valence-corrected chi connectivity index (χ3v) is 5.88. The summed E-state index contributed by atoms with van der Waals surface area (Å²) < 4.78 is 1.71. The minimum absolute atomic E-state index is 0.0625. The van der Waals surface area contributed by atoms with Gasteiger partial charge in [-0.3, -0.25) is 19.4 Å². The van der Waals surface area contributed by atoms with Gasteiger partial charge in [0, 0.05) is 78.5 Å². The van der Waals surface area contributed by atoms with Gasteiger partial charge in [0.1, 0.15) is 6.54 Å². The van der Waals surface area contributed by atoms with E-state index in [4.69, 9.17) is 0 Å². The van der Waals surface area contributed by atoms with Gasteiger partial charge in [0.25, 0.3) is 0 Å². The second kappa shape index (κ2) is 10.4. The molecule has 2 aliphatic heterocycles. The average molecular weight is 441 g/mol. The van der Waals surface area contributed by atoms with Crippen molar-refractivity contribution in [1.29, 1.82) is 0 Å². The summed E-state index contributed by atoms with van der Waals surface area (Å²) in [5.74, 6) is 1.67. The predicted octanol–water partition coefficient (Wildman–Crippen LogP) is -0.354. The molecule has 0 radical (unpaired) electrons. The molecule has 2 aromatic heterocycles. The number of piperazine rings is 2. The lowest BCUT2D eigenvalue weighted by atomic mass is 10.3. The number of carbonyl (C=O) groups excluding carboxylic acids is 1. The number of aromatic nitrogens is 4. The van der Waals surface area contributed by atoms with Gasteiger partial charge in [-0.15, -0.1) is 0 Å². The number of carbonyl (C=O) groups is 1. The SMILES string of the molecule is CN=C(NCCCN1CCN(c2ncccn2)CC1)N1CCN(c2cnn(C)c2)C(=O)C1. The van der Waals surface area contributed by atoms with Crippen molar-refractivity contribution in [2.45, 2.75) is 6.42 Å². The fraction of sp³-hybridized carbons (Fsp3) is 0.571. The van der Waals surface area contributed by atoms with E-state index in [0.29, 0.717) is 13.1 Å². The molecular formula is C21H32N10O. The lowest BCUT2D eigenvalue weighted by molar-refractivity contribution is -0.120. The number of aryl methyl sites for hydroxylation is 1. The van der Waals surface area contributed by atoms with Crippen LogP contribution in [-0.2, 0) is 11.8 Å². The summed E-state index contributed by atoms with van der Waals surface area (Å²) >= 11 is 0. The topological polar surface area (TPSA) is 98.0 Å². The van der Waals surface area contributed by atoms with Crippen LogP contribution >= 0.6 is 0 Å². The van der Waals surface area contributed by atoms with Crippen molar-refractivity contribution in [3.8, 4) is 0 Å². The Balaban J connectivity index is 1.16. The van der Waals surface area contributed by atoms with E-state index in [1.165, 1.54) is 0 Å². The lowest BCUT2D eigenvalue weighted by Crippen LogP contribution is -2.55. The van der Waals surface area contributed by atoms with Gasteiger partial charge in [-0.1, -0.05) is 0 Å². The molecule has 11 nitrogen and oxygen atoms in total. The van der Waals surface area contributed by atoms with Crippen LogP contribution in [0.4, 0.5) is 11.6 Å². The molecule has 0 saturated carbocycles. The van der Waals surface area contributed by atoms with Crippen molar-refractivity contribution in [3.05, 3.63) is 30.9 Å². The Morgan fingerprint density at radius 1 is 1.12 bits per heavy atom. The molecule has 4 heterocycles. The first-order valence-electron chi connectivity index (χ1n) is 11.1. The van der Waals surface area contributed by atoms with Crippen molar-refractivity contribution in [3.63, 3.8) is 0 Å². The molecule has 1 N–H and O–H groups in total. The number of anilines is 2. The van der Waals surface area contributed by atoms with Crippen LogP contribution in [0.5, 0.6) is 0 Å². The maximum absolute atomic E-state index is 12.6. The van der Waals surface area contributed by atoms with E-state index in [-0.39, 0.29) is 5.91 Å². The molecule has 0 spiro atoms. The molecule has 2 saturated heterocycles. The molecule has 2 fully saturated rings. The van der Waals surface area contributed by atoms with E-state index >= 15 is 0 Å². The predicted molar refractivity (Wildman–Crippen MR) is 124 cm³/mol. The zero-order valence-electron chi connectivity index (χ0n) is 18.9.